The Balaban J connectivity index is 2.04. The topological polar surface area (TPSA) is 26.3 Å². The molecule has 1 aliphatic carbocycles. The van der Waals surface area contributed by atoms with Crippen LogP contribution in [0.15, 0.2) is 22.7 Å². The molecule has 3 heteroatoms. The molecule has 0 radical (unpaired) electrons. The summed E-state index contributed by atoms with van der Waals surface area (Å²) in [6, 6.07) is 5.57. The highest BCUT2D eigenvalue weighted by atomic mass is 79.9. The predicted molar refractivity (Wildman–Crippen MR) is 76.2 cm³/mol. The summed E-state index contributed by atoms with van der Waals surface area (Å²) in [5.41, 5.74) is 0.627. The van der Waals surface area contributed by atoms with E-state index >= 15 is 0 Å². The van der Waals surface area contributed by atoms with Gasteiger partial charge in [-0.2, -0.15) is 0 Å². The molecule has 1 fully saturated rings. The van der Waals surface area contributed by atoms with Crippen LogP contribution in [0.1, 0.15) is 49.4 Å². The monoisotopic (exact) mass is 310 g/mol. The molecule has 1 aromatic rings. The maximum absolute atomic E-state index is 11.0. The number of hydrogen-bond donors (Lipinski definition) is 0. The normalized spacial score (nSPS) is 23.7. The minimum absolute atomic E-state index is 0.255. The van der Waals surface area contributed by atoms with E-state index in [1.54, 1.807) is 6.07 Å². The fourth-order valence-electron chi connectivity index (χ4n) is 2.57. The van der Waals surface area contributed by atoms with E-state index in [2.05, 4.69) is 22.9 Å². The van der Waals surface area contributed by atoms with Crippen LogP contribution in [-0.2, 0) is 0 Å². The largest absolute Gasteiger partial charge is 0.488 e. The van der Waals surface area contributed by atoms with Gasteiger partial charge in [-0.1, -0.05) is 19.4 Å². The van der Waals surface area contributed by atoms with Gasteiger partial charge < -0.3 is 4.74 Å². The maximum atomic E-state index is 11.0. The van der Waals surface area contributed by atoms with Crippen LogP contribution in [0.2, 0.25) is 0 Å². The zero-order chi connectivity index (χ0) is 13.0. The van der Waals surface area contributed by atoms with Crippen LogP contribution in [0.4, 0.5) is 0 Å². The third-order valence-corrected chi connectivity index (χ3v) is 4.40. The standard InChI is InChI=1S/C15H19BrO2/c1-2-11-6-8-13(9-7-11)18-15-12(10-17)4-3-5-14(15)16/h3-5,10-11,13H,2,6-9H2,1H3. The molecule has 0 bridgehead atoms. The van der Waals surface area contributed by atoms with E-state index in [1.807, 2.05) is 12.1 Å². The summed E-state index contributed by atoms with van der Waals surface area (Å²) in [6.45, 7) is 2.25. The Labute approximate surface area is 117 Å². The minimum Gasteiger partial charge on any atom is -0.488 e. The lowest BCUT2D eigenvalue weighted by Crippen LogP contribution is -2.24. The molecule has 2 rings (SSSR count). The molecule has 0 atom stereocenters. The lowest BCUT2D eigenvalue weighted by molar-refractivity contribution is 0.109. The Hall–Kier alpha value is -0.830. The van der Waals surface area contributed by atoms with Crippen LogP contribution < -0.4 is 4.74 Å². The lowest BCUT2D eigenvalue weighted by atomic mass is 9.86. The van der Waals surface area contributed by atoms with Gasteiger partial charge >= 0.3 is 0 Å². The molecule has 1 saturated carbocycles. The summed E-state index contributed by atoms with van der Waals surface area (Å²) in [4.78, 5) is 11.0. The van der Waals surface area contributed by atoms with Crippen molar-refractivity contribution in [3.8, 4) is 5.75 Å². The second kappa shape index (κ2) is 6.37. The second-order valence-electron chi connectivity index (χ2n) is 4.94. The van der Waals surface area contributed by atoms with E-state index in [0.29, 0.717) is 11.3 Å². The average Bonchev–Trinajstić information content (AvgIpc) is 2.42. The van der Waals surface area contributed by atoms with Crippen molar-refractivity contribution in [3.63, 3.8) is 0 Å². The molecule has 98 valence electrons. The zero-order valence-corrected chi connectivity index (χ0v) is 12.3. The Kier molecular flexibility index (Phi) is 4.81. The van der Waals surface area contributed by atoms with Crippen molar-refractivity contribution >= 4 is 22.2 Å². The lowest BCUT2D eigenvalue weighted by Gasteiger charge is -2.29. The Morgan fingerprint density at radius 3 is 2.67 bits per heavy atom. The molecule has 0 spiro atoms. The highest BCUT2D eigenvalue weighted by molar-refractivity contribution is 9.10. The van der Waals surface area contributed by atoms with Gasteiger partial charge in [-0.15, -0.1) is 0 Å². The summed E-state index contributed by atoms with van der Waals surface area (Å²) >= 11 is 3.46. The number of ether oxygens (including phenoxy) is 1. The summed E-state index contributed by atoms with van der Waals surface area (Å²) < 4.78 is 6.89. The van der Waals surface area contributed by atoms with E-state index in [0.717, 1.165) is 29.5 Å². The van der Waals surface area contributed by atoms with Crippen LogP contribution in [0.3, 0.4) is 0 Å². The summed E-state index contributed by atoms with van der Waals surface area (Å²) in [7, 11) is 0. The smallest absolute Gasteiger partial charge is 0.153 e. The number of benzene rings is 1. The molecule has 0 aromatic heterocycles. The van der Waals surface area contributed by atoms with Gasteiger partial charge in [-0.25, -0.2) is 0 Å². The molecule has 18 heavy (non-hydrogen) atoms. The predicted octanol–water partition coefficient (Wildman–Crippen LogP) is 4.61. The van der Waals surface area contributed by atoms with Crippen molar-refractivity contribution in [2.45, 2.75) is 45.1 Å². The molecule has 2 nitrogen and oxygen atoms in total. The van der Waals surface area contributed by atoms with Gasteiger partial charge in [0.15, 0.2) is 6.29 Å². The van der Waals surface area contributed by atoms with Crippen LogP contribution in [-0.4, -0.2) is 12.4 Å². The number of hydrogen-bond acceptors (Lipinski definition) is 2. The maximum Gasteiger partial charge on any atom is 0.153 e. The number of aldehydes is 1. The fraction of sp³-hybridized carbons (Fsp3) is 0.533. The first kappa shape index (κ1) is 13.6. The fourth-order valence-corrected chi connectivity index (χ4v) is 3.04. The van der Waals surface area contributed by atoms with Crippen molar-refractivity contribution in [3.05, 3.63) is 28.2 Å². The third kappa shape index (κ3) is 3.14. The number of carbonyl (C=O) groups is 1. The number of para-hydroxylation sites is 1. The minimum atomic E-state index is 0.255. The van der Waals surface area contributed by atoms with E-state index in [1.165, 1.54) is 19.3 Å². The van der Waals surface area contributed by atoms with E-state index in [9.17, 15) is 4.79 Å². The molecule has 0 N–H and O–H groups in total. The molecule has 1 aliphatic rings. The van der Waals surface area contributed by atoms with Gasteiger partial charge in [0.1, 0.15) is 5.75 Å². The van der Waals surface area contributed by atoms with Crippen molar-refractivity contribution in [2.75, 3.05) is 0 Å². The molecular weight excluding hydrogens is 292 g/mol. The highest BCUT2D eigenvalue weighted by Gasteiger charge is 2.22. The van der Waals surface area contributed by atoms with Crippen molar-refractivity contribution in [2.24, 2.45) is 5.92 Å². The molecule has 1 aromatic carbocycles. The van der Waals surface area contributed by atoms with E-state index in [-0.39, 0.29) is 6.10 Å². The first-order chi connectivity index (χ1) is 8.74. The Morgan fingerprint density at radius 1 is 1.33 bits per heavy atom. The van der Waals surface area contributed by atoms with Crippen LogP contribution in [0, 0.1) is 5.92 Å². The molecule has 0 amide bonds. The number of rotatable bonds is 4. The van der Waals surface area contributed by atoms with Gasteiger partial charge in [0.2, 0.25) is 0 Å². The van der Waals surface area contributed by atoms with E-state index in [4.69, 9.17) is 4.74 Å². The zero-order valence-electron chi connectivity index (χ0n) is 10.7. The molecule has 0 heterocycles. The molecule has 0 saturated heterocycles. The van der Waals surface area contributed by atoms with Crippen molar-refractivity contribution in [1.82, 2.24) is 0 Å². The van der Waals surface area contributed by atoms with Crippen LogP contribution in [0.5, 0.6) is 5.75 Å². The van der Waals surface area contributed by atoms with Gasteiger partial charge in [0, 0.05) is 0 Å². The third-order valence-electron chi connectivity index (χ3n) is 3.78. The van der Waals surface area contributed by atoms with Crippen molar-refractivity contribution < 1.29 is 9.53 Å². The van der Waals surface area contributed by atoms with Gasteiger partial charge in [0.25, 0.3) is 0 Å². The second-order valence-corrected chi connectivity index (χ2v) is 5.80. The molecule has 0 aliphatic heterocycles. The summed E-state index contributed by atoms with van der Waals surface area (Å²) in [6.07, 6.45) is 7.05. The Morgan fingerprint density at radius 2 is 2.06 bits per heavy atom. The number of carbonyl (C=O) groups excluding carboxylic acids is 1. The average molecular weight is 311 g/mol. The molecular formula is C15H19BrO2. The highest BCUT2D eigenvalue weighted by Crippen LogP contribution is 2.33. The number of halogens is 1. The quantitative estimate of drug-likeness (QED) is 0.759. The van der Waals surface area contributed by atoms with Gasteiger partial charge in [0.05, 0.1) is 16.1 Å². The Bertz CT molecular complexity index is 409. The first-order valence-corrected chi connectivity index (χ1v) is 7.44. The first-order valence-electron chi connectivity index (χ1n) is 6.65. The summed E-state index contributed by atoms with van der Waals surface area (Å²) in [5.74, 6) is 1.56. The van der Waals surface area contributed by atoms with Crippen LogP contribution >= 0.6 is 15.9 Å². The SMILES string of the molecule is CCC1CCC(Oc2c(Br)cccc2C=O)CC1. The molecule has 0 unspecified atom stereocenters. The van der Waals surface area contributed by atoms with Gasteiger partial charge in [-0.05, 0) is 59.7 Å². The summed E-state index contributed by atoms with van der Waals surface area (Å²) in [5, 5.41) is 0. The van der Waals surface area contributed by atoms with Crippen LogP contribution in [0.25, 0.3) is 0 Å². The van der Waals surface area contributed by atoms with E-state index < -0.39 is 0 Å². The van der Waals surface area contributed by atoms with Crippen molar-refractivity contribution in [1.29, 1.82) is 0 Å². The van der Waals surface area contributed by atoms with Gasteiger partial charge in [-0.3, -0.25) is 4.79 Å².